The number of benzene rings is 2. The zero-order valence-electron chi connectivity index (χ0n) is 11.9. The van der Waals surface area contributed by atoms with E-state index in [9.17, 15) is 4.39 Å². The van der Waals surface area contributed by atoms with Gasteiger partial charge in [-0.1, -0.05) is 36.4 Å². The molecule has 0 amide bonds. The van der Waals surface area contributed by atoms with E-state index in [0.29, 0.717) is 6.54 Å². The van der Waals surface area contributed by atoms with E-state index >= 15 is 0 Å². The Kier molecular flexibility index (Phi) is 5.62. The van der Waals surface area contributed by atoms with Crippen LogP contribution in [0.1, 0.15) is 24.5 Å². The number of rotatable bonds is 6. The average molecular weight is 289 g/mol. The normalized spacial score (nSPS) is 10.8. The molecule has 2 aromatic rings. The first-order valence-corrected chi connectivity index (χ1v) is 7.73. The number of hydrogen-bond acceptors (Lipinski definition) is 2. The Morgan fingerprint density at radius 3 is 2.70 bits per heavy atom. The molecule has 106 valence electrons. The van der Waals surface area contributed by atoms with Crippen LogP contribution in [0.15, 0.2) is 52.3 Å². The van der Waals surface area contributed by atoms with Crippen molar-refractivity contribution in [2.45, 2.75) is 36.6 Å². The molecule has 1 nitrogen and oxygen atoms in total. The van der Waals surface area contributed by atoms with Crippen LogP contribution in [0.3, 0.4) is 0 Å². The van der Waals surface area contributed by atoms with E-state index in [1.54, 1.807) is 23.9 Å². The van der Waals surface area contributed by atoms with E-state index in [1.807, 2.05) is 6.07 Å². The highest BCUT2D eigenvalue weighted by Crippen LogP contribution is 2.29. The molecule has 0 unspecified atom stereocenters. The molecule has 0 heterocycles. The summed E-state index contributed by atoms with van der Waals surface area (Å²) in [5, 5.41) is 3.30. The molecule has 0 fully saturated rings. The van der Waals surface area contributed by atoms with Crippen LogP contribution in [0.4, 0.5) is 4.39 Å². The largest absolute Gasteiger partial charge is 0.313 e. The molecule has 0 radical (unpaired) electrons. The molecule has 20 heavy (non-hydrogen) atoms. The van der Waals surface area contributed by atoms with Gasteiger partial charge in [0, 0.05) is 16.3 Å². The lowest BCUT2D eigenvalue weighted by Gasteiger charge is -2.07. The van der Waals surface area contributed by atoms with Crippen molar-refractivity contribution in [2.75, 3.05) is 6.54 Å². The lowest BCUT2D eigenvalue weighted by Crippen LogP contribution is -2.13. The van der Waals surface area contributed by atoms with Gasteiger partial charge >= 0.3 is 0 Å². The molecule has 0 saturated carbocycles. The van der Waals surface area contributed by atoms with Crippen LogP contribution in [0.5, 0.6) is 0 Å². The van der Waals surface area contributed by atoms with Crippen LogP contribution in [-0.4, -0.2) is 6.54 Å². The maximum Gasteiger partial charge on any atom is 0.124 e. The van der Waals surface area contributed by atoms with E-state index in [4.69, 9.17) is 0 Å². The SMILES string of the molecule is CCCNCc1cc(F)cc(Sc2cccc(C)c2)c1. The van der Waals surface area contributed by atoms with Crippen molar-refractivity contribution in [3.05, 3.63) is 59.4 Å². The zero-order valence-corrected chi connectivity index (χ0v) is 12.8. The van der Waals surface area contributed by atoms with Gasteiger partial charge in [-0.3, -0.25) is 0 Å². The molecule has 0 aliphatic rings. The zero-order chi connectivity index (χ0) is 14.4. The first kappa shape index (κ1) is 15.1. The number of aryl methyl sites for hydroxylation is 1. The third-order valence-corrected chi connectivity index (χ3v) is 3.87. The highest BCUT2D eigenvalue weighted by atomic mass is 32.2. The van der Waals surface area contributed by atoms with Crippen LogP contribution >= 0.6 is 11.8 Å². The molecular weight excluding hydrogens is 269 g/mol. The molecule has 0 aromatic heterocycles. The molecule has 1 N–H and O–H groups in total. The highest BCUT2D eigenvalue weighted by Gasteiger charge is 2.03. The molecule has 0 aliphatic heterocycles. The number of nitrogens with one attached hydrogen (secondary N) is 1. The van der Waals surface area contributed by atoms with Crippen molar-refractivity contribution in [3.8, 4) is 0 Å². The van der Waals surface area contributed by atoms with E-state index < -0.39 is 0 Å². The summed E-state index contributed by atoms with van der Waals surface area (Å²) < 4.78 is 13.7. The minimum atomic E-state index is -0.170. The Balaban J connectivity index is 2.11. The number of halogens is 1. The summed E-state index contributed by atoms with van der Waals surface area (Å²) in [6.45, 7) is 5.86. The van der Waals surface area contributed by atoms with E-state index in [2.05, 4.69) is 43.4 Å². The molecule has 0 aliphatic carbocycles. The van der Waals surface area contributed by atoms with E-state index in [1.165, 1.54) is 5.56 Å². The molecule has 0 bridgehead atoms. The summed E-state index contributed by atoms with van der Waals surface area (Å²) in [6, 6.07) is 13.5. The van der Waals surface area contributed by atoms with E-state index in [-0.39, 0.29) is 5.82 Å². The average Bonchev–Trinajstić information content (AvgIpc) is 2.38. The van der Waals surface area contributed by atoms with Gasteiger partial charge in [0.2, 0.25) is 0 Å². The number of hydrogen-bond donors (Lipinski definition) is 1. The van der Waals surface area contributed by atoms with Crippen molar-refractivity contribution >= 4 is 11.8 Å². The van der Waals surface area contributed by atoms with Crippen LogP contribution in [0.2, 0.25) is 0 Å². The van der Waals surface area contributed by atoms with Crippen LogP contribution in [0.25, 0.3) is 0 Å². The third-order valence-electron chi connectivity index (χ3n) is 2.91. The van der Waals surface area contributed by atoms with Gasteiger partial charge in [0.15, 0.2) is 0 Å². The van der Waals surface area contributed by atoms with Gasteiger partial charge in [-0.25, -0.2) is 4.39 Å². The van der Waals surface area contributed by atoms with Gasteiger partial charge in [0.1, 0.15) is 5.82 Å². The topological polar surface area (TPSA) is 12.0 Å². The highest BCUT2D eigenvalue weighted by molar-refractivity contribution is 7.99. The second-order valence-corrected chi connectivity index (χ2v) is 6.04. The standard InChI is InChI=1S/C17H20FNS/c1-3-7-19-12-14-9-15(18)11-17(10-14)20-16-6-4-5-13(2)8-16/h4-6,8-11,19H,3,7,12H2,1-2H3. The molecule has 2 rings (SSSR count). The summed E-state index contributed by atoms with van der Waals surface area (Å²) in [4.78, 5) is 2.09. The first-order chi connectivity index (χ1) is 9.67. The minimum absolute atomic E-state index is 0.170. The second-order valence-electron chi connectivity index (χ2n) is 4.89. The second kappa shape index (κ2) is 7.46. The Hall–Kier alpha value is -1.32. The molecule has 3 heteroatoms. The third kappa shape index (κ3) is 4.66. The summed E-state index contributed by atoms with van der Waals surface area (Å²) >= 11 is 1.60. The van der Waals surface area contributed by atoms with Gasteiger partial charge in [-0.15, -0.1) is 0 Å². The molecule has 0 atom stereocenters. The lowest BCUT2D eigenvalue weighted by molar-refractivity contribution is 0.615. The molecule has 2 aromatic carbocycles. The fraction of sp³-hybridized carbons (Fsp3) is 0.294. The van der Waals surface area contributed by atoms with Crippen LogP contribution < -0.4 is 5.32 Å². The van der Waals surface area contributed by atoms with Crippen LogP contribution in [-0.2, 0) is 6.54 Å². The Morgan fingerprint density at radius 2 is 1.95 bits per heavy atom. The smallest absolute Gasteiger partial charge is 0.124 e. The summed E-state index contributed by atoms with van der Waals surface area (Å²) in [7, 11) is 0. The molecule has 0 saturated heterocycles. The van der Waals surface area contributed by atoms with Crippen molar-refractivity contribution < 1.29 is 4.39 Å². The molecular formula is C17H20FNS. The maximum absolute atomic E-state index is 13.7. The predicted octanol–water partition coefficient (Wildman–Crippen LogP) is 4.78. The summed E-state index contributed by atoms with van der Waals surface area (Å²) in [6.07, 6.45) is 1.08. The van der Waals surface area contributed by atoms with Crippen molar-refractivity contribution in [1.29, 1.82) is 0 Å². The van der Waals surface area contributed by atoms with Crippen molar-refractivity contribution in [2.24, 2.45) is 0 Å². The Morgan fingerprint density at radius 1 is 1.10 bits per heavy atom. The van der Waals surface area contributed by atoms with Crippen LogP contribution in [0, 0.1) is 12.7 Å². The van der Waals surface area contributed by atoms with Gasteiger partial charge in [0.25, 0.3) is 0 Å². The predicted molar refractivity (Wildman–Crippen MR) is 83.7 cm³/mol. The van der Waals surface area contributed by atoms with Gasteiger partial charge in [-0.2, -0.15) is 0 Å². The fourth-order valence-electron chi connectivity index (χ4n) is 2.01. The first-order valence-electron chi connectivity index (χ1n) is 6.92. The maximum atomic E-state index is 13.7. The minimum Gasteiger partial charge on any atom is -0.313 e. The quantitative estimate of drug-likeness (QED) is 0.768. The monoisotopic (exact) mass is 289 g/mol. The fourth-order valence-corrected chi connectivity index (χ4v) is 3.05. The van der Waals surface area contributed by atoms with Crippen molar-refractivity contribution in [1.82, 2.24) is 5.32 Å². The summed E-state index contributed by atoms with van der Waals surface area (Å²) in [5.41, 5.74) is 2.21. The van der Waals surface area contributed by atoms with E-state index in [0.717, 1.165) is 28.3 Å². The van der Waals surface area contributed by atoms with Gasteiger partial charge in [-0.05, 0) is 55.8 Å². The lowest BCUT2D eigenvalue weighted by atomic mass is 10.2. The Bertz CT molecular complexity index is 569. The summed E-state index contributed by atoms with van der Waals surface area (Å²) in [5.74, 6) is -0.170. The Labute approximate surface area is 124 Å². The van der Waals surface area contributed by atoms with Gasteiger partial charge < -0.3 is 5.32 Å². The molecule has 0 spiro atoms. The van der Waals surface area contributed by atoms with Crippen molar-refractivity contribution in [3.63, 3.8) is 0 Å². The van der Waals surface area contributed by atoms with Gasteiger partial charge in [0.05, 0.1) is 0 Å².